The Bertz CT molecular complexity index is 545. The van der Waals surface area contributed by atoms with Gasteiger partial charge in [-0.1, -0.05) is 76.2 Å². The van der Waals surface area contributed by atoms with Crippen molar-refractivity contribution in [1.82, 2.24) is 14.7 Å². The second-order valence-corrected chi connectivity index (χ2v) is 12.8. The second kappa shape index (κ2) is 18.3. The van der Waals surface area contributed by atoms with Crippen molar-refractivity contribution in [1.29, 1.82) is 0 Å². The molecule has 0 amide bonds. The van der Waals surface area contributed by atoms with Crippen molar-refractivity contribution in [2.45, 2.75) is 158 Å². The van der Waals surface area contributed by atoms with Gasteiger partial charge in [-0.05, 0) is 108 Å². The highest BCUT2D eigenvalue weighted by molar-refractivity contribution is 4.97. The van der Waals surface area contributed by atoms with Gasteiger partial charge in [0.1, 0.15) is 0 Å². The maximum Gasteiger partial charge on any atom is 0.0121 e. The average Bonchev–Trinajstić information content (AvgIpc) is 3.15. The highest BCUT2D eigenvalue weighted by Crippen LogP contribution is 2.49. The van der Waals surface area contributed by atoms with Crippen LogP contribution >= 0.6 is 0 Å². The monoisotopic (exact) mass is 524 g/mol. The van der Waals surface area contributed by atoms with E-state index in [0.717, 1.165) is 35.4 Å². The van der Waals surface area contributed by atoms with Crippen LogP contribution < -0.4 is 0 Å². The molecule has 6 saturated heterocycles. The number of rotatable bonds is 0. The zero-order valence-electron chi connectivity index (χ0n) is 28.4. The molecule has 224 valence electrons. The van der Waals surface area contributed by atoms with Gasteiger partial charge in [0.2, 0.25) is 0 Å². The third-order valence-electron chi connectivity index (χ3n) is 9.71. The smallest absolute Gasteiger partial charge is 0.0121 e. The molecular weight excluding hydrogens is 450 g/mol. The Morgan fingerprint density at radius 1 is 0.595 bits per heavy atom. The van der Waals surface area contributed by atoms with E-state index in [0.29, 0.717) is 5.41 Å². The van der Waals surface area contributed by atoms with Gasteiger partial charge >= 0.3 is 0 Å². The summed E-state index contributed by atoms with van der Waals surface area (Å²) in [6, 6.07) is 2.81. The SMILES string of the molecule is CC.CC.CC.CC.CC1CCC2CCC1N2C.CN1CC2(C)CCC1CC2.CN1CC2CC(C)(C2)C1. The molecule has 0 aromatic rings. The molecule has 8 fully saturated rings. The van der Waals surface area contributed by atoms with Crippen molar-refractivity contribution in [2.24, 2.45) is 22.7 Å². The summed E-state index contributed by atoms with van der Waals surface area (Å²) in [4.78, 5) is 7.62. The first-order valence-corrected chi connectivity index (χ1v) is 16.8. The van der Waals surface area contributed by atoms with E-state index in [9.17, 15) is 0 Å². The molecule has 37 heavy (non-hydrogen) atoms. The lowest BCUT2D eigenvalue weighted by Crippen LogP contribution is -2.53. The summed E-state index contributed by atoms with van der Waals surface area (Å²) in [6.45, 7) is 27.3. The molecule has 6 bridgehead atoms. The summed E-state index contributed by atoms with van der Waals surface area (Å²) >= 11 is 0. The fourth-order valence-corrected chi connectivity index (χ4v) is 8.10. The van der Waals surface area contributed by atoms with Crippen LogP contribution in [0.15, 0.2) is 0 Å². The predicted octanol–water partition coefficient (Wildman–Crippen LogP) is 9.21. The predicted molar refractivity (Wildman–Crippen MR) is 170 cm³/mol. The van der Waals surface area contributed by atoms with Gasteiger partial charge in [0, 0.05) is 37.8 Å². The molecule has 3 unspecified atom stereocenters. The Morgan fingerprint density at radius 2 is 1.11 bits per heavy atom. The lowest BCUT2D eigenvalue weighted by Gasteiger charge is -2.54. The van der Waals surface area contributed by atoms with Crippen molar-refractivity contribution < 1.29 is 0 Å². The molecule has 0 radical (unpaired) electrons. The number of piperidine rings is 5. The van der Waals surface area contributed by atoms with E-state index in [1.165, 1.54) is 83.8 Å². The van der Waals surface area contributed by atoms with E-state index in [1.54, 1.807) is 0 Å². The van der Waals surface area contributed by atoms with Crippen molar-refractivity contribution in [3.63, 3.8) is 0 Å². The summed E-state index contributed by atoms with van der Waals surface area (Å²) in [5.41, 5.74) is 1.40. The molecule has 0 aromatic heterocycles. The Balaban J connectivity index is 0.000000463. The molecule has 0 spiro atoms. The third-order valence-corrected chi connectivity index (χ3v) is 9.71. The minimum atomic E-state index is 0.684. The lowest BCUT2D eigenvalue weighted by atomic mass is 9.60. The summed E-state index contributed by atoms with van der Waals surface area (Å²) in [7, 11) is 6.82. The standard InChI is InChI=1S/2C9H17N.C8H15N.4C2H6/c1-9-5-3-8(4-6-9)10(2)7-9;1-7-3-4-8-5-6-9(7)10(8)2;1-8-3-7(4-8)5-9(2)6-8;4*1-2/h8H,3-7H2,1-2H3;7-9H,3-6H2,1-2H3;7H,3-6H2,1-2H3;4*1-2H3. The van der Waals surface area contributed by atoms with E-state index >= 15 is 0 Å². The first-order valence-electron chi connectivity index (χ1n) is 16.8. The van der Waals surface area contributed by atoms with E-state index in [2.05, 4.69) is 56.6 Å². The lowest BCUT2D eigenvalue weighted by molar-refractivity contribution is -0.0359. The largest absolute Gasteiger partial charge is 0.306 e. The van der Waals surface area contributed by atoms with Crippen molar-refractivity contribution in [3.8, 4) is 0 Å². The van der Waals surface area contributed by atoms with Gasteiger partial charge in [-0.25, -0.2) is 0 Å². The van der Waals surface area contributed by atoms with Crippen LogP contribution in [0, 0.1) is 22.7 Å². The Morgan fingerprint density at radius 3 is 1.46 bits per heavy atom. The molecule has 8 rings (SSSR count). The summed E-state index contributed by atoms with van der Waals surface area (Å²) in [5, 5.41) is 0. The Hall–Kier alpha value is -0.120. The van der Waals surface area contributed by atoms with Gasteiger partial charge in [-0.3, -0.25) is 0 Å². The fourth-order valence-electron chi connectivity index (χ4n) is 8.10. The number of hydrogen-bond donors (Lipinski definition) is 0. The fraction of sp³-hybridized carbons (Fsp3) is 1.00. The molecule has 8 aliphatic rings. The minimum Gasteiger partial charge on any atom is -0.306 e. The molecule has 6 aliphatic heterocycles. The molecule has 2 aliphatic carbocycles. The van der Waals surface area contributed by atoms with Gasteiger partial charge in [0.15, 0.2) is 0 Å². The van der Waals surface area contributed by atoms with E-state index in [4.69, 9.17) is 0 Å². The maximum atomic E-state index is 2.61. The zero-order valence-corrected chi connectivity index (χ0v) is 28.4. The Kier molecular flexibility index (Phi) is 18.2. The molecule has 0 aromatic carbocycles. The number of hydrogen-bond acceptors (Lipinski definition) is 3. The third kappa shape index (κ3) is 10.8. The van der Waals surface area contributed by atoms with Crippen molar-refractivity contribution in [2.75, 3.05) is 40.8 Å². The molecule has 3 atom stereocenters. The zero-order chi connectivity index (χ0) is 28.8. The van der Waals surface area contributed by atoms with Crippen LogP contribution in [0.4, 0.5) is 0 Å². The van der Waals surface area contributed by atoms with Crippen LogP contribution in [0.5, 0.6) is 0 Å². The first-order chi connectivity index (χ1) is 17.7. The van der Waals surface area contributed by atoms with E-state index in [1.807, 2.05) is 55.4 Å². The highest BCUT2D eigenvalue weighted by atomic mass is 15.2. The van der Waals surface area contributed by atoms with E-state index in [-0.39, 0.29) is 0 Å². The summed E-state index contributed by atoms with van der Waals surface area (Å²) in [5.74, 6) is 2.01. The van der Waals surface area contributed by atoms with Crippen LogP contribution in [0.1, 0.15) is 140 Å². The normalized spacial score (nSPS) is 38.9. The van der Waals surface area contributed by atoms with Gasteiger partial charge in [0.25, 0.3) is 0 Å². The molecule has 3 heteroatoms. The molecule has 6 heterocycles. The van der Waals surface area contributed by atoms with Gasteiger partial charge < -0.3 is 14.7 Å². The highest BCUT2D eigenvalue weighted by Gasteiger charge is 2.45. The summed E-state index contributed by atoms with van der Waals surface area (Å²) < 4.78 is 0. The van der Waals surface area contributed by atoms with Gasteiger partial charge in [0.05, 0.1) is 0 Å². The van der Waals surface area contributed by atoms with Crippen LogP contribution in [0.2, 0.25) is 0 Å². The Labute approximate surface area is 236 Å². The second-order valence-electron chi connectivity index (χ2n) is 12.8. The van der Waals surface area contributed by atoms with Gasteiger partial charge in [-0.15, -0.1) is 0 Å². The molecule has 3 nitrogen and oxygen atoms in total. The van der Waals surface area contributed by atoms with Crippen LogP contribution in [0.3, 0.4) is 0 Å². The van der Waals surface area contributed by atoms with Crippen LogP contribution in [-0.2, 0) is 0 Å². The number of fused-ring (bicyclic) bond motifs is 7. The minimum absolute atomic E-state index is 0.684. The van der Waals surface area contributed by atoms with Crippen LogP contribution in [-0.4, -0.2) is 73.6 Å². The maximum absolute atomic E-state index is 2.61. The van der Waals surface area contributed by atoms with E-state index < -0.39 is 0 Å². The van der Waals surface area contributed by atoms with Crippen molar-refractivity contribution >= 4 is 0 Å². The molecule has 2 saturated carbocycles. The molecule has 0 N–H and O–H groups in total. The topological polar surface area (TPSA) is 9.72 Å². The van der Waals surface area contributed by atoms with Crippen molar-refractivity contribution in [3.05, 3.63) is 0 Å². The first kappa shape index (κ1) is 36.9. The number of nitrogens with zero attached hydrogens (tertiary/aromatic N) is 3. The van der Waals surface area contributed by atoms with Crippen LogP contribution in [0.25, 0.3) is 0 Å². The summed E-state index contributed by atoms with van der Waals surface area (Å²) in [6.07, 6.45) is 14.7. The van der Waals surface area contributed by atoms with Gasteiger partial charge in [-0.2, -0.15) is 0 Å². The molecular formula is C34H73N3. The quantitative estimate of drug-likeness (QED) is 0.313. The average molecular weight is 524 g/mol.